The highest BCUT2D eigenvalue weighted by Gasteiger charge is 2.21. The summed E-state index contributed by atoms with van der Waals surface area (Å²) in [6, 6.07) is 91.8. The molecule has 0 aliphatic heterocycles. The van der Waals surface area contributed by atoms with Crippen molar-refractivity contribution in [3.63, 3.8) is 0 Å². The van der Waals surface area contributed by atoms with Crippen LogP contribution in [0, 0.1) is 27.7 Å². The first-order valence-electron chi connectivity index (χ1n) is 26.7. The minimum Gasteiger partial charge on any atom is -0.311 e. The Kier molecular flexibility index (Phi) is 11.3. The smallest absolute Gasteiger partial charge is 0.0973 e. The summed E-state index contributed by atoms with van der Waals surface area (Å²) in [5.74, 6) is 0. The molecule has 0 fully saturated rings. The summed E-state index contributed by atoms with van der Waals surface area (Å²) in [5, 5.41) is 5.09. The van der Waals surface area contributed by atoms with Crippen LogP contribution < -0.4 is 9.80 Å². The van der Waals surface area contributed by atoms with E-state index in [0.29, 0.717) is 0 Å². The summed E-state index contributed by atoms with van der Waals surface area (Å²) in [6.45, 7) is 8.67. The minimum absolute atomic E-state index is 0.825. The van der Waals surface area contributed by atoms with Gasteiger partial charge in [-0.2, -0.15) is 0 Å². The van der Waals surface area contributed by atoms with Crippen LogP contribution in [0.1, 0.15) is 22.3 Å². The van der Waals surface area contributed by atoms with Gasteiger partial charge in [-0.05, 0) is 185 Å². The normalized spacial score (nSPS) is 11.6. The quantitative estimate of drug-likeness (QED) is 0.137. The van der Waals surface area contributed by atoms with Crippen molar-refractivity contribution in [1.82, 2.24) is 19.1 Å². The van der Waals surface area contributed by atoms with Crippen LogP contribution in [0.4, 0.5) is 34.1 Å². The molecular formula is C72H54N6. The predicted molar refractivity (Wildman–Crippen MR) is 327 cm³/mol. The van der Waals surface area contributed by atoms with E-state index in [1.807, 2.05) is 24.3 Å². The topological polar surface area (TPSA) is 42.1 Å². The van der Waals surface area contributed by atoms with Gasteiger partial charge in [0, 0.05) is 78.2 Å². The molecule has 3 heterocycles. The number of nitrogens with zero attached hydrogens (tertiary/aromatic N) is 6. The van der Waals surface area contributed by atoms with Crippen LogP contribution in [-0.4, -0.2) is 19.1 Å². The Hall–Kier alpha value is -10.0. The van der Waals surface area contributed by atoms with Gasteiger partial charge >= 0.3 is 0 Å². The van der Waals surface area contributed by atoms with E-state index >= 15 is 0 Å². The molecule has 0 radical (unpaired) electrons. The molecule has 6 nitrogen and oxygen atoms in total. The van der Waals surface area contributed by atoms with Crippen molar-refractivity contribution < 1.29 is 0 Å². The Balaban J connectivity index is 0.810. The molecule has 0 bridgehead atoms. The van der Waals surface area contributed by atoms with Crippen molar-refractivity contribution in [2.75, 3.05) is 9.80 Å². The average molecular weight is 1000 g/mol. The lowest BCUT2D eigenvalue weighted by Gasteiger charge is -2.26. The fourth-order valence-corrected chi connectivity index (χ4v) is 11.5. The molecule has 0 amide bonds. The standard InChI is InChI=1S/C72H54N6/c1-47-19-39-67-61(43-47)62-44-48(2)20-40-68(62)77(67)59-35-31-57(32-36-59)75(53-13-7-5-8-14-53)55-27-23-51(24-28-55)71-72(74-66-18-12-11-17-65(66)73-71)52-25-29-56(30-26-52)76(54-15-9-6-10-16-54)58-33-37-60(38-34-58)78-69-41-21-49(3)45-63(69)64-46-50(4)22-42-70(64)78/h5-46H,1-4H3. The van der Waals surface area contributed by atoms with Crippen LogP contribution in [-0.2, 0) is 0 Å². The molecule has 11 aromatic carbocycles. The van der Waals surface area contributed by atoms with Gasteiger partial charge in [0.15, 0.2) is 0 Å². The minimum atomic E-state index is 0.825. The van der Waals surface area contributed by atoms with Crippen molar-refractivity contribution in [2.45, 2.75) is 27.7 Å². The van der Waals surface area contributed by atoms with E-state index in [0.717, 1.165) is 79.0 Å². The molecule has 372 valence electrons. The van der Waals surface area contributed by atoms with Crippen LogP contribution >= 0.6 is 0 Å². The Morgan fingerprint density at radius 2 is 0.538 bits per heavy atom. The molecule has 0 atom stereocenters. The maximum absolute atomic E-state index is 5.34. The summed E-state index contributed by atoms with van der Waals surface area (Å²) in [4.78, 5) is 15.3. The zero-order valence-electron chi connectivity index (χ0n) is 43.9. The summed E-state index contributed by atoms with van der Waals surface area (Å²) in [7, 11) is 0. The zero-order valence-corrected chi connectivity index (χ0v) is 43.9. The molecular weight excluding hydrogens is 949 g/mol. The molecule has 0 unspecified atom stereocenters. The number of aryl methyl sites for hydroxylation is 4. The molecule has 0 saturated carbocycles. The van der Waals surface area contributed by atoms with Gasteiger partial charge in [-0.1, -0.05) is 119 Å². The summed E-state index contributed by atoms with van der Waals surface area (Å²) in [5.41, 5.74) is 23.7. The van der Waals surface area contributed by atoms with E-state index < -0.39 is 0 Å². The number of benzene rings is 11. The second-order valence-corrected chi connectivity index (χ2v) is 20.6. The molecule has 3 aromatic heterocycles. The number of rotatable bonds is 10. The first-order valence-corrected chi connectivity index (χ1v) is 26.7. The van der Waals surface area contributed by atoms with E-state index in [4.69, 9.17) is 9.97 Å². The van der Waals surface area contributed by atoms with Crippen molar-refractivity contribution in [3.8, 4) is 33.9 Å². The molecule has 0 N–H and O–H groups in total. The second-order valence-electron chi connectivity index (χ2n) is 20.6. The third-order valence-corrected chi connectivity index (χ3v) is 15.3. The van der Waals surface area contributed by atoms with Crippen LogP contribution in [0.25, 0.3) is 88.5 Å². The highest BCUT2D eigenvalue weighted by molar-refractivity contribution is 6.11. The summed E-state index contributed by atoms with van der Waals surface area (Å²) < 4.78 is 4.77. The Bertz CT molecular complexity index is 4140. The fourth-order valence-electron chi connectivity index (χ4n) is 11.5. The highest BCUT2D eigenvalue weighted by atomic mass is 15.1. The first-order chi connectivity index (χ1) is 38.3. The van der Waals surface area contributed by atoms with Crippen LogP contribution in [0.3, 0.4) is 0 Å². The van der Waals surface area contributed by atoms with Crippen molar-refractivity contribution >= 4 is 88.8 Å². The monoisotopic (exact) mass is 1000 g/mol. The number of hydrogen-bond acceptors (Lipinski definition) is 4. The number of fused-ring (bicyclic) bond motifs is 7. The number of hydrogen-bond donors (Lipinski definition) is 0. The van der Waals surface area contributed by atoms with Crippen molar-refractivity contribution in [3.05, 3.63) is 277 Å². The predicted octanol–water partition coefficient (Wildman–Crippen LogP) is 19.3. The lowest BCUT2D eigenvalue weighted by atomic mass is 10.0. The van der Waals surface area contributed by atoms with Gasteiger partial charge in [0.1, 0.15) is 0 Å². The van der Waals surface area contributed by atoms with E-state index in [9.17, 15) is 0 Å². The van der Waals surface area contributed by atoms with Crippen molar-refractivity contribution in [1.29, 1.82) is 0 Å². The molecule has 0 saturated heterocycles. The molecule has 0 aliphatic rings. The molecule has 14 aromatic rings. The third-order valence-electron chi connectivity index (χ3n) is 15.3. The van der Waals surface area contributed by atoms with Gasteiger partial charge in [-0.15, -0.1) is 0 Å². The Morgan fingerprint density at radius 1 is 0.269 bits per heavy atom. The van der Waals surface area contributed by atoms with Gasteiger partial charge in [0.05, 0.1) is 44.5 Å². The third kappa shape index (κ3) is 8.14. The number of aromatic nitrogens is 4. The van der Waals surface area contributed by atoms with Gasteiger partial charge in [-0.3, -0.25) is 0 Å². The fraction of sp³-hybridized carbons (Fsp3) is 0.0556. The van der Waals surface area contributed by atoms with E-state index in [2.05, 4.69) is 277 Å². The first kappa shape index (κ1) is 46.5. The second kappa shape index (κ2) is 19.0. The summed E-state index contributed by atoms with van der Waals surface area (Å²) >= 11 is 0. The summed E-state index contributed by atoms with van der Waals surface area (Å²) in [6.07, 6.45) is 0. The van der Waals surface area contributed by atoms with E-state index in [-0.39, 0.29) is 0 Å². The largest absolute Gasteiger partial charge is 0.311 e. The number of anilines is 6. The van der Waals surface area contributed by atoms with Crippen LogP contribution in [0.15, 0.2) is 255 Å². The Morgan fingerprint density at radius 3 is 0.846 bits per heavy atom. The maximum Gasteiger partial charge on any atom is 0.0973 e. The van der Waals surface area contributed by atoms with Gasteiger partial charge < -0.3 is 18.9 Å². The van der Waals surface area contributed by atoms with Crippen molar-refractivity contribution in [2.24, 2.45) is 0 Å². The molecule has 0 spiro atoms. The van der Waals surface area contributed by atoms with E-state index in [1.165, 1.54) is 65.9 Å². The highest BCUT2D eigenvalue weighted by Crippen LogP contribution is 2.42. The number of para-hydroxylation sites is 4. The lowest BCUT2D eigenvalue weighted by molar-refractivity contribution is 1.17. The molecule has 78 heavy (non-hydrogen) atoms. The maximum atomic E-state index is 5.34. The van der Waals surface area contributed by atoms with Crippen LogP contribution in [0.2, 0.25) is 0 Å². The SMILES string of the molecule is Cc1ccc2c(c1)c1cc(C)ccc1n2-c1ccc(N(c2ccccc2)c2ccc(-c3nc4ccccc4nc3-c3ccc(N(c4ccccc4)c4ccc(-n5c6ccc(C)cc6c6cc(C)ccc65)cc4)cc3)cc2)cc1. The van der Waals surface area contributed by atoms with Crippen LogP contribution in [0.5, 0.6) is 0 Å². The average Bonchev–Trinajstić information content (AvgIpc) is 4.16. The van der Waals surface area contributed by atoms with Gasteiger partial charge in [-0.25, -0.2) is 9.97 Å². The Labute approximate surface area is 454 Å². The molecule has 6 heteroatoms. The lowest BCUT2D eigenvalue weighted by Crippen LogP contribution is -2.10. The molecule has 0 aliphatic carbocycles. The van der Waals surface area contributed by atoms with E-state index in [1.54, 1.807) is 0 Å². The van der Waals surface area contributed by atoms with Gasteiger partial charge in [0.25, 0.3) is 0 Å². The molecule has 14 rings (SSSR count). The van der Waals surface area contributed by atoms with Gasteiger partial charge in [0.2, 0.25) is 0 Å². The zero-order chi connectivity index (χ0) is 52.4.